The topological polar surface area (TPSA) is 91.7 Å². The summed E-state index contributed by atoms with van der Waals surface area (Å²) in [6.07, 6.45) is 4.60. The number of hydrogen-bond donors (Lipinski definition) is 1. The molecular formula is C19H22N4O3S. The van der Waals surface area contributed by atoms with Crippen LogP contribution in [0.1, 0.15) is 25.3 Å². The van der Waals surface area contributed by atoms with Crippen molar-refractivity contribution in [2.75, 3.05) is 13.1 Å². The molecule has 27 heavy (non-hydrogen) atoms. The van der Waals surface area contributed by atoms with Gasteiger partial charge in [-0.25, -0.2) is 13.8 Å². The van der Waals surface area contributed by atoms with E-state index < -0.39 is 15.9 Å². The number of nitrogens with zero attached hydrogens (tertiary/aromatic N) is 3. The quantitative estimate of drug-likeness (QED) is 0.629. The van der Waals surface area contributed by atoms with Gasteiger partial charge in [0.15, 0.2) is 0 Å². The molecule has 1 aromatic carbocycles. The fourth-order valence-corrected chi connectivity index (χ4v) is 4.53. The molecule has 1 aliphatic rings. The van der Waals surface area contributed by atoms with E-state index >= 15 is 0 Å². The van der Waals surface area contributed by atoms with E-state index in [0.717, 1.165) is 5.56 Å². The van der Waals surface area contributed by atoms with Crippen LogP contribution in [-0.2, 0) is 14.8 Å². The fourth-order valence-electron chi connectivity index (χ4n) is 2.99. The van der Waals surface area contributed by atoms with Crippen LogP contribution in [0.3, 0.4) is 0 Å². The van der Waals surface area contributed by atoms with Gasteiger partial charge in [-0.15, -0.1) is 0 Å². The molecule has 142 valence electrons. The molecule has 1 atom stereocenters. The standard InChI is InChI=1S/C19H22N4O3S/c1-15(16-7-5-11-20-13-16)21-22-19(24)17-8-6-12-23(14-17)27(25,26)18-9-3-2-4-10-18/h2-5,7,9-11,13,17H,6,8,12,14H2,1H3,(H,22,24). The van der Waals surface area contributed by atoms with E-state index in [9.17, 15) is 13.2 Å². The SMILES string of the molecule is CC(=NNC(=O)C1CCCN(S(=O)(=O)c2ccccc2)C1)c1cccnc1. The zero-order valence-corrected chi connectivity index (χ0v) is 15.9. The zero-order chi connectivity index (χ0) is 19.3. The van der Waals surface area contributed by atoms with Gasteiger partial charge >= 0.3 is 0 Å². The van der Waals surface area contributed by atoms with Crippen LogP contribution in [-0.4, -0.2) is 42.4 Å². The molecule has 0 aliphatic carbocycles. The summed E-state index contributed by atoms with van der Waals surface area (Å²) in [5.41, 5.74) is 4.02. The Balaban J connectivity index is 1.66. The Morgan fingerprint density at radius 1 is 1.22 bits per heavy atom. The largest absolute Gasteiger partial charge is 0.273 e. The van der Waals surface area contributed by atoms with Gasteiger partial charge < -0.3 is 0 Å². The summed E-state index contributed by atoms with van der Waals surface area (Å²) in [5.74, 6) is -0.700. The highest BCUT2D eigenvalue weighted by atomic mass is 32.2. The average molecular weight is 386 g/mol. The minimum Gasteiger partial charge on any atom is -0.273 e. The number of piperidine rings is 1. The maximum absolute atomic E-state index is 12.8. The monoisotopic (exact) mass is 386 g/mol. The van der Waals surface area contributed by atoms with E-state index in [1.54, 1.807) is 55.7 Å². The van der Waals surface area contributed by atoms with Crippen molar-refractivity contribution in [3.8, 4) is 0 Å². The van der Waals surface area contributed by atoms with Crippen LogP contribution in [0.15, 0.2) is 64.9 Å². The molecule has 1 N–H and O–H groups in total. The number of pyridine rings is 1. The zero-order valence-electron chi connectivity index (χ0n) is 15.1. The molecule has 8 heteroatoms. The number of rotatable bonds is 5. The van der Waals surface area contributed by atoms with Crippen LogP contribution in [0.4, 0.5) is 0 Å². The molecule has 1 aliphatic heterocycles. The van der Waals surface area contributed by atoms with Gasteiger partial charge in [0.05, 0.1) is 16.5 Å². The van der Waals surface area contributed by atoms with Crippen LogP contribution in [0.25, 0.3) is 0 Å². The summed E-state index contributed by atoms with van der Waals surface area (Å²) in [4.78, 5) is 16.8. The minimum atomic E-state index is -3.59. The first-order valence-corrected chi connectivity index (χ1v) is 10.2. The van der Waals surface area contributed by atoms with Crippen LogP contribution >= 0.6 is 0 Å². The second-order valence-electron chi connectivity index (χ2n) is 6.43. The Morgan fingerprint density at radius 3 is 2.70 bits per heavy atom. The number of hydrazone groups is 1. The first-order valence-electron chi connectivity index (χ1n) is 8.78. The van der Waals surface area contributed by atoms with Crippen molar-refractivity contribution in [2.45, 2.75) is 24.7 Å². The Hall–Kier alpha value is -2.58. The van der Waals surface area contributed by atoms with Gasteiger partial charge in [0.2, 0.25) is 15.9 Å². The average Bonchev–Trinajstić information content (AvgIpc) is 2.73. The van der Waals surface area contributed by atoms with Crippen LogP contribution in [0, 0.1) is 5.92 Å². The molecule has 0 spiro atoms. The molecule has 3 rings (SSSR count). The lowest BCUT2D eigenvalue weighted by molar-refractivity contribution is -0.126. The van der Waals surface area contributed by atoms with Gasteiger partial charge in [-0.3, -0.25) is 9.78 Å². The van der Waals surface area contributed by atoms with Crippen molar-refractivity contribution < 1.29 is 13.2 Å². The minimum absolute atomic E-state index is 0.157. The first kappa shape index (κ1) is 19.2. The fraction of sp³-hybridized carbons (Fsp3) is 0.316. The predicted octanol–water partition coefficient (Wildman–Crippen LogP) is 2.02. The van der Waals surface area contributed by atoms with Gasteiger partial charge in [0.1, 0.15) is 0 Å². The number of aromatic nitrogens is 1. The third kappa shape index (κ3) is 4.58. The van der Waals surface area contributed by atoms with Crippen LogP contribution in [0.2, 0.25) is 0 Å². The van der Waals surface area contributed by atoms with E-state index in [4.69, 9.17) is 0 Å². The van der Waals surface area contributed by atoms with Gasteiger partial charge in [0.25, 0.3) is 0 Å². The van der Waals surface area contributed by atoms with E-state index in [-0.39, 0.29) is 17.3 Å². The third-order valence-corrected chi connectivity index (χ3v) is 6.43. The number of nitrogens with one attached hydrogen (secondary N) is 1. The molecule has 1 saturated heterocycles. The Kier molecular flexibility index (Phi) is 5.98. The van der Waals surface area contributed by atoms with Crippen molar-refractivity contribution in [1.29, 1.82) is 0 Å². The lowest BCUT2D eigenvalue weighted by Crippen LogP contribution is -2.44. The van der Waals surface area contributed by atoms with Gasteiger partial charge in [-0.1, -0.05) is 24.3 Å². The Morgan fingerprint density at radius 2 is 2.00 bits per heavy atom. The smallest absolute Gasteiger partial charge is 0.244 e. The highest BCUT2D eigenvalue weighted by Gasteiger charge is 2.33. The summed E-state index contributed by atoms with van der Waals surface area (Å²) in [6.45, 7) is 2.35. The predicted molar refractivity (Wildman–Crippen MR) is 103 cm³/mol. The molecular weight excluding hydrogens is 364 g/mol. The summed E-state index contributed by atoms with van der Waals surface area (Å²) in [7, 11) is -3.59. The van der Waals surface area contributed by atoms with E-state index in [0.29, 0.717) is 25.1 Å². The molecule has 0 radical (unpaired) electrons. The lowest BCUT2D eigenvalue weighted by Gasteiger charge is -2.30. The second-order valence-corrected chi connectivity index (χ2v) is 8.37. The summed E-state index contributed by atoms with van der Waals surface area (Å²) >= 11 is 0. The normalized spacial score (nSPS) is 18.9. The number of hydrogen-bond acceptors (Lipinski definition) is 5. The van der Waals surface area contributed by atoms with E-state index in [1.807, 2.05) is 6.07 Å². The van der Waals surface area contributed by atoms with Crippen molar-refractivity contribution in [2.24, 2.45) is 11.0 Å². The molecule has 7 nitrogen and oxygen atoms in total. The van der Waals surface area contributed by atoms with E-state index in [1.165, 1.54) is 4.31 Å². The van der Waals surface area contributed by atoms with Crippen molar-refractivity contribution in [3.63, 3.8) is 0 Å². The summed E-state index contributed by atoms with van der Waals surface area (Å²) in [5, 5.41) is 4.12. The van der Waals surface area contributed by atoms with E-state index in [2.05, 4.69) is 15.5 Å². The maximum atomic E-state index is 12.8. The number of amides is 1. The van der Waals surface area contributed by atoms with Crippen molar-refractivity contribution >= 4 is 21.6 Å². The van der Waals surface area contributed by atoms with Crippen LogP contribution in [0.5, 0.6) is 0 Å². The molecule has 1 aromatic heterocycles. The lowest BCUT2D eigenvalue weighted by atomic mass is 9.99. The number of benzene rings is 1. The second kappa shape index (κ2) is 8.41. The van der Waals surface area contributed by atoms with Crippen molar-refractivity contribution in [1.82, 2.24) is 14.7 Å². The molecule has 1 amide bonds. The number of carbonyl (C=O) groups is 1. The van der Waals surface area contributed by atoms with Gasteiger partial charge in [-0.05, 0) is 38.0 Å². The highest BCUT2D eigenvalue weighted by molar-refractivity contribution is 7.89. The highest BCUT2D eigenvalue weighted by Crippen LogP contribution is 2.23. The van der Waals surface area contributed by atoms with Crippen LogP contribution < -0.4 is 5.43 Å². The summed E-state index contributed by atoms with van der Waals surface area (Å²) < 4.78 is 26.9. The summed E-state index contributed by atoms with van der Waals surface area (Å²) in [6, 6.07) is 11.9. The molecule has 2 aromatic rings. The Labute approximate surface area is 159 Å². The molecule has 0 saturated carbocycles. The molecule has 1 fully saturated rings. The van der Waals surface area contributed by atoms with Gasteiger partial charge in [-0.2, -0.15) is 9.41 Å². The van der Waals surface area contributed by atoms with Crippen molar-refractivity contribution in [3.05, 3.63) is 60.4 Å². The molecule has 0 bridgehead atoms. The Bertz CT molecular complexity index is 914. The maximum Gasteiger partial charge on any atom is 0.244 e. The molecule has 1 unspecified atom stereocenters. The first-order chi connectivity index (χ1) is 13.0. The number of carbonyl (C=O) groups excluding carboxylic acids is 1. The number of sulfonamides is 1. The molecule has 2 heterocycles. The van der Waals surface area contributed by atoms with Gasteiger partial charge in [0, 0.05) is 31.0 Å². The third-order valence-electron chi connectivity index (χ3n) is 4.55.